The second-order valence-corrected chi connectivity index (χ2v) is 8.72. The van der Waals surface area contributed by atoms with Crippen molar-refractivity contribution in [2.45, 2.75) is 26.2 Å². The number of amides is 2. The molecule has 7 heteroatoms. The first-order chi connectivity index (χ1) is 15.0. The van der Waals surface area contributed by atoms with Crippen molar-refractivity contribution in [3.63, 3.8) is 0 Å². The molecule has 2 aromatic carbocycles. The van der Waals surface area contributed by atoms with E-state index in [0.717, 1.165) is 34.7 Å². The number of halogens is 1. The van der Waals surface area contributed by atoms with Crippen LogP contribution in [0, 0.1) is 18.7 Å². The fraction of sp³-hybridized carbons (Fsp3) is 0.292. The summed E-state index contributed by atoms with van der Waals surface area (Å²) in [4.78, 5) is 31.8. The van der Waals surface area contributed by atoms with E-state index in [1.807, 2.05) is 36.6 Å². The molecule has 1 aromatic heterocycles. The smallest absolute Gasteiger partial charge is 0.229 e. The van der Waals surface area contributed by atoms with E-state index < -0.39 is 0 Å². The number of aromatic nitrogens is 1. The van der Waals surface area contributed by atoms with Crippen LogP contribution in [0.25, 0.3) is 10.6 Å². The summed E-state index contributed by atoms with van der Waals surface area (Å²) in [5.74, 6) is -0.580. The standard InChI is InChI=1S/C24H24FN3O2S/c1-16-4-10-20(11-5-16)26-23(30)18-3-2-12-28(14-18)22(29)13-21-15-31-24(27-21)17-6-8-19(25)9-7-17/h4-11,15,18H,2-3,12-14H2,1H3,(H,26,30). The number of hydrogen-bond donors (Lipinski definition) is 1. The molecule has 1 fully saturated rings. The number of likely N-dealkylation sites (tertiary alicyclic amines) is 1. The Kier molecular flexibility index (Phi) is 6.42. The average Bonchev–Trinajstić information content (AvgIpc) is 3.24. The maximum atomic E-state index is 13.1. The summed E-state index contributed by atoms with van der Waals surface area (Å²) in [6.45, 7) is 3.08. The number of nitrogens with zero attached hydrogens (tertiary/aromatic N) is 2. The Bertz CT molecular complexity index is 1060. The lowest BCUT2D eigenvalue weighted by molar-refractivity contribution is -0.134. The molecule has 1 saturated heterocycles. The molecule has 4 rings (SSSR count). The molecule has 0 bridgehead atoms. The Morgan fingerprint density at radius 1 is 1.16 bits per heavy atom. The van der Waals surface area contributed by atoms with Gasteiger partial charge in [-0.3, -0.25) is 9.59 Å². The van der Waals surface area contributed by atoms with Crippen LogP contribution in [0.4, 0.5) is 10.1 Å². The summed E-state index contributed by atoms with van der Waals surface area (Å²) >= 11 is 1.44. The SMILES string of the molecule is Cc1ccc(NC(=O)C2CCCN(C(=O)Cc3csc(-c4ccc(F)cc4)n3)C2)cc1. The summed E-state index contributed by atoms with van der Waals surface area (Å²) in [5.41, 5.74) is 3.43. The minimum atomic E-state index is -0.290. The summed E-state index contributed by atoms with van der Waals surface area (Å²) < 4.78 is 13.1. The quantitative estimate of drug-likeness (QED) is 0.631. The maximum Gasteiger partial charge on any atom is 0.229 e. The molecule has 2 amide bonds. The van der Waals surface area contributed by atoms with E-state index in [-0.39, 0.29) is 30.0 Å². The summed E-state index contributed by atoms with van der Waals surface area (Å²) in [5, 5.41) is 5.58. The van der Waals surface area contributed by atoms with Gasteiger partial charge in [-0.2, -0.15) is 0 Å². The van der Waals surface area contributed by atoms with Gasteiger partial charge in [0.05, 0.1) is 18.0 Å². The predicted molar refractivity (Wildman–Crippen MR) is 120 cm³/mol. The molecule has 0 radical (unpaired) electrons. The Hall–Kier alpha value is -3.06. The first kappa shape index (κ1) is 21.2. The minimum absolute atomic E-state index is 0.0243. The van der Waals surface area contributed by atoms with Crippen LogP contribution < -0.4 is 5.32 Å². The maximum absolute atomic E-state index is 13.1. The lowest BCUT2D eigenvalue weighted by atomic mass is 9.96. The summed E-state index contributed by atoms with van der Waals surface area (Å²) in [6, 6.07) is 13.9. The minimum Gasteiger partial charge on any atom is -0.342 e. The Morgan fingerprint density at radius 3 is 2.65 bits per heavy atom. The van der Waals surface area contributed by atoms with E-state index in [4.69, 9.17) is 0 Å². The fourth-order valence-electron chi connectivity index (χ4n) is 3.68. The van der Waals surface area contributed by atoms with Gasteiger partial charge in [-0.25, -0.2) is 9.37 Å². The molecule has 0 saturated carbocycles. The largest absolute Gasteiger partial charge is 0.342 e. The van der Waals surface area contributed by atoms with Gasteiger partial charge >= 0.3 is 0 Å². The number of nitrogens with one attached hydrogen (secondary N) is 1. The van der Waals surface area contributed by atoms with Crippen LogP contribution in [0.15, 0.2) is 53.9 Å². The summed E-state index contributed by atoms with van der Waals surface area (Å²) in [7, 11) is 0. The molecule has 1 N–H and O–H groups in total. The highest BCUT2D eigenvalue weighted by molar-refractivity contribution is 7.13. The normalized spacial score (nSPS) is 16.2. The van der Waals surface area contributed by atoms with Crippen LogP contribution in [-0.2, 0) is 16.0 Å². The van der Waals surface area contributed by atoms with Crippen molar-refractivity contribution in [3.05, 3.63) is 71.0 Å². The molecule has 1 atom stereocenters. The van der Waals surface area contributed by atoms with E-state index in [9.17, 15) is 14.0 Å². The number of benzene rings is 2. The van der Waals surface area contributed by atoms with Gasteiger partial charge in [0.1, 0.15) is 10.8 Å². The highest BCUT2D eigenvalue weighted by Gasteiger charge is 2.28. The second-order valence-electron chi connectivity index (χ2n) is 7.86. The number of aryl methyl sites for hydroxylation is 1. The van der Waals surface area contributed by atoms with Gasteiger partial charge in [0.15, 0.2) is 0 Å². The van der Waals surface area contributed by atoms with Crippen LogP contribution in [0.3, 0.4) is 0 Å². The number of thiazole rings is 1. The van der Waals surface area contributed by atoms with E-state index in [1.165, 1.54) is 23.5 Å². The monoisotopic (exact) mass is 437 g/mol. The molecule has 1 unspecified atom stereocenters. The van der Waals surface area contributed by atoms with E-state index >= 15 is 0 Å². The first-order valence-electron chi connectivity index (χ1n) is 10.3. The third-order valence-electron chi connectivity index (χ3n) is 5.44. The average molecular weight is 438 g/mol. The second kappa shape index (κ2) is 9.39. The van der Waals surface area contributed by atoms with Crippen LogP contribution in [0.5, 0.6) is 0 Å². The zero-order chi connectivity index (χ0) is 21.8. The molecule has 31 heavy (non-hydrogen) atoms. The van der Waals surface area contributed by atoms with E-state index in [0.29, 0.717) is 18.8 Å². The molecule has 3 aromatic rings. The zero-order valence-electron chi connectivity index (χ0n) is 17.3. The molecular weight excluding hydrogens is 413 g/mol. The van der Waals surface area contributed by atoms with Crippen molar-refractivity contribution < 1.29 is 14.0 Å². The molecular formula is C24H24FN3O2S. The Morgan fingerprint density at radius 2 is 1.90 bits per heavy atom. The van der Waals surface area contributed by atoms with Gasteiger partial charge in [0.25, 0.3) is 0 Å². The van der Waals surface area contributed by atoms with Crippen molar-refractivity contribution in [3.8, 4) is 10.6 Å². The van der Waals surface area contributed by atoms with Crippen LogP contribution >= 0.6 is 11.3 Å². The number of piperidine rings is 1. The molecule has 160 valence electrons. The highest BCUT2D eigenvalue weighted by atomic mass is 32.1. The third-order valence-corrected chi connectivity index (χ3v) is 6.38. The van der Waals surface area contributed by atoms with Gasteiger partial charge in [-0.15, -0.1) is 11.3 Å². The Balaban J connectivity index is 1.35. The molecule has 0 spiro atoms. The molecule has 1 aliphatic rings. The van der Waals surface area contributed by atoms with E-state index in [1.54, 1.807) is 17.0 Å². The molecule has 5 nitrogen and oxygen atoms in total. The number of hydrogen-bond acceptors (Lipinski definition) is 4. The van der Waals surface area contributed by atoms with Crippen LogP contribution in [0.1, 0.15) is 24.1 Å². The Labute approximate surface area is 184 Å². The van der Waals surface area contributed by atoms with Gasteiger partial charge in [0.2, 0.25) is 11.8 Å². The lowest BCUT2D eigenvalue weighted by Gasteiger charge is -2.32. The summed E-state index contributed by atoms with van der Waals surface area (Å²) in [6.07, 6.45) is 1.77. The van der Waals surface area contributed by atoms with Crippen molar-refractivity contribution in [2.75, 3.05) is 18.4 Å². The number of carbonyl (C=O) groups is 2. The van der Waals surface area contributed by atoms with Crippen molar-refractivity contribution in [2.24, 2.45) is 5.92 Å². The van der Waals surface area contributed by atoms with Crippen molar-refractivity contribution in [1.29, 1.82) is 0 Å². The molecule has 2 heterocycles. The number of anilines is 1. The first-order valence-corrected chi connectivity index (χ1v) is 11.2. The fourth-order valence-corrected chi connectivity index (χ4v) is 4.50. The molecule has 0 aliphatic carbocycles. The van der Waals surface area contributed by atoms with Gasteiger partial charge in [0, 0.05) is 29.7 Å². The third kappa shape index (κ3) is 5.35. The predicted octanol–water partition coefficient (Wildman–Crippen LogP) is 4.68. The van der Waals surface area contributed by atoms with Gasteiger partial charge in [-0.05, 0) is 56.2 Å². The van der Waals surface area contributed by atoms with Crippen LogP contribution in [-0.4, -0.2) is 34.8 Å². The lowest BCUT2D eigenvalue weighted by Crippen LogP contribution is -2.44. The van der Waals surface area contributed by atoms with Crippen molar-refractivity contribution in [1.82, 2.24) is 9.88 Å². The van der Waals surface area contributed by atoms with Gasteiger partial charge in [-0.1, -0.05) is 17.7 Å². The highest BCUT2D eigenvalue weighted by Crippen LogP contribution is 2.25. The van der Waals surface area contributed by atoms with Crippen molar-refractivity contribution >= 4 is 28.8 Å². The van der Waals surface area contributed by atoms with Crippen LogP contribution in [0.2, 0.25) is 0 Å². The van der Waals surface area contributed by atoms with E-state index in [2.05, 4.69) is 10.3 Å². The number of rotatable bonds is 5. The molecule has 1 aliphatic heterocycles. The van der Waals surface area contributed by atoms with Gasteiger partial charge < -0.3 is 10.2 Å². The topological polar surface area (TPSA) is 62.3 Å². The number of carbonyl (C=O) groups excluding carboxylic acids is 2. The zero-order valence-corrected chi connectivity index (χ0v) is 18.1.